The minimum absolute atomic E-state index is 0.844. The van der Waals surface area contributed by atoms with Crippen LogP contribution < -0.4 is 11.1 Å². The standard InChI is InChI=1S/C44H35N3/c45-25-9-2-3-13-31-14-11-16-34(27-31)40-30-43-44(38-21-7-6-20-37(38)40)39-24-23-33(29-42(39)47(43)36-18-4-1-5-19-36)32-15-12-17-35(28-32)41-22-8-10-26-46-41/h1-12,14-25,27-30,46H,13,26,45H2/b3-2-,25-9-. The first kappa shape index (κ1) is 28.4. The summed E-state index contributed by atoms with van der Waals surface area (Å²) in [6.45, 7) is 0.850. The fraction of sp³-hybridized carbons (Fsp3) is 0.0455. The molecular formula is C44H35N3. The van der Waals surface area contributed by atoms with Gasteiger partial charge in [0.25, 0.3) is 0 Å². The second-order valence-corrected chi connectivity index (χ2v) is 12.0. The average Bonchev–Trinajstić information content (AvgIpc) is 3.48. The van der Waals surface area contributed by atoms with Gasteiger partial charge in [-0.15, -0.1) is 0 Å². The van der Waals surface area contributed by atoms with Crippen molar-refractivity contribution >= 4 is 38.3 Å². The third-order valence-electron chi connectivity index (χ3n) is 9.05. The normalized spacial score (nSPS) is 13.2. The SMILES string of the molecule is N/C=C\C=C/Cc1cccc(-c2cc3c(c4ccccc24)c2ccc(-c4cccc(C5=CC=CCN5)c4)cc2n3-c2ccccc2)c1. The lowest BCUT2D eigenvalue weighted by atomic mass is 9.93. The topological polar surface area (TPSA) is 43.0 Å². The number of nitrogens with two attached hydrogens (primary N) is 1. The first-order chi connectivity index (χ1) is 23.3. The Morgan fingerprint density at radius 2 is 1.43 bits per heavy atom. The molecule has 0 spiro atoms. The van der Waals surface area contributed by atoms with Gasteiger partial charge < -0.3 is 15.6 Å². The summed E-state index contributed by atoms with van der Waals surface area (Å²) in [5, 5.41) is 8.55. The number of aromatic nitrogens is 1. The molecule has 0 bridgehead atoms. The van der Waals surface area contributed by atoms with E-state index in [1.807, 2.05) is 12.2 Å². The number of hydrogen-bond donors (Lipinski definition) is 2. The molecule has 0 aliphatic carbocycles. The van der Waals surface area contributed by atoms with Crippen molar-refractivity contribution in [2.24, 2.45) is 5.73 Å². The highest BCUT2D eigenvalue weighted by atomic mass is 15.0. The van der Waals surface area contributed by atoms with Crippen molar-refractivity contribution in [2.75, 3.05) is 6.54 Å². The van der Waals surface area contributed by atoms with E-state index in [1.54, 1.807) is 6.20 Å². The van der Waals surface area contributed by atoms with E-state index in [4.69, 9.17) is 5.73 Å². The van der Waals surface area contributed by atoms with Gasteiger partial charge in [-0.3, -0.25) is 0 Å². The van der Waals surface area contributed by atoms with Crippen LogP contribution in [0.4, 0.5) is 0 Å². The van der Waals surface area contributed by atoms with Crippen molar-refractivity contribution in [3.05, 3.63) is 181 Å². The van der Waals surface area contributed by atoms with Crippen LogP contribution in [0, 0.1) is 0 Å². The number of rotatable bonds is 7. The Hall–Kier alpha value is -6.06. The second kappa shape index (κ2) is 12.4. The Bertz CT molecular complexity index is 2390. The van der Waals surface area contributed by atoms with Gasteiger partial charge in [0.15, 0.2) is 0 Å². The van der Waals surface area contributed by atoms with Gasteiger partial charge >= 0.3 is 0 Å². The summed E-state index contributed by atoms with van der Waals surface area (Å²) in [5.74, 6) is 0. The molecule has 2 heterocycles. The van der Waals surface area contributed by atoms with Gasteiger partial charge in [0.2, 0.25) is 0 Å². The molecule has 3 heteroatoms. The van der Waals surface area contributed by atoms with Crippen molar-refractivity contribution in [1.82, 2.24) is 9.88 Å². The Labute approximate surface area is 275 Å². The Balaban J connectivity index is 1.36. The maximum Gasteiger partial charge on any atom is 0.0553 e. The summed E-state index contributed by atoms with van der Waals surface area (Å²) >= 11 is 0. The molecule has 0 radical (unpaired) electrons. The summed E-state index contributed by atoms with van der Waals surface area (Å²) in [6.07, 6.45) is 14.8. The molecule has 0 amide bonds. The molecule has 1 aliphatic heterocycles. The summed E-state index contributed by atoms with van der Waals surface area (Å²) in [4.78, 5) is 0. The van der Waals surface area contributed by atoms with Gasteiger partial charge in [0, 0.05) is 28.7 Å². The van der Waals surface area contributed by atoms with Crippen molar-refractivity contribution < 1.29 is 0 Å². The van der Waals surface area contributed by atoms with Crippen molar-refractivity contribution in [2.45, 2.75) is 6.42 Å². The van der Waals surface area contributed by atoms with Gasteiger partial charge in [-0.2, -0.15) is 0 Å². The van der Waals surface area contributed by atoms with Gasteiger partial charge in [0.05, 0.1) is 11.0 Å². The fourth-order valence-electron chi connectivity index (χ4n) is 6.89. The molecule has 1 aliphatic rings. The molecule has 1 aromatic heterocycles. The highest BCUT2D eigenvalue weighted by Crippen LogP contribution is 2.42. The van der Waals surface area contributed by atoms with Crippen molar-refractivity contribution in [1.29, 1.82) is 0 Å². The lowest BCUT2D eigenvalue weighted by molar-refractivity contribution is 0.996. The molecule has 0 fully saturated rings. The third kappa shape index (κ3) is 5.32. The van der Waals surface area contributed by atoms with Crippen molar-refractivity contribution in [3.63, 3.8) is 0 Å². The molecule has 47 heavy (non-hydrogen) atoms. The zero-order valence-corrected chi connectivity index (χ0v) is 26.1. The molecule has 6 aromatic carbocycles. The highest BCUT2D eigenvalue weighted by Gasteiger charge is 2.19. The van der Waals surface area contributed by atoms with Crippen LogP contribution >= 0.6 is 0 Å². The highest BCUT2D eigenvalue weighted by molar-refractivity contribution is 6.24. The summed E-state index contributed by atoms with van der Waals surface area (Å²) in [6, 6.07) is 46.7. The smallest absolute Gasteiger partial charge is 0.0553 e. The molecule has 8 rings (SSSR count). The van der Waals surface area contributed by atoms with E-state index in [2.05, 4.69) is 162 Å². The number of para-hydroxylation sites is 1. The van der Waals surface area contributed by atoms with Crippen LogP contribution in [0.3, 0.4) is 0 Å². The molecule has 226 valence electrons. The number of nitrogens with zero attached hydrogens (tertiary/aromatic N) is 1. The molecule has 3 N–H and O–H groups in total. The number of allylic oxidation sites excluding steroid dienone is 5. The van der Waals surface area contributed by atoms with E-state index in [-0.39, 0.29) is 0 Å². The van der Waals surface area contributed by atoms with Gasteiger partial charge in [0.1, 0.15) is 0 Å². The number of fused-ring (bicyclic) bond motifs is 5. The largest absolute Gasteiger partial charge is 0.405 e. The van der Waals surface area contributed by atoms with Crippen LogP contribution in [0.1, 0.15) is 11.1 Å². The van der Waals surface area contributed by atoms with Crippen LogP contribution in [-0.2, 0) is 6.42 Å². The van der Waals surface area contributed by atoms with Gasteiger partial charge in [-0.05, 0) is 99.3 Å². The predicted molar refractivity (Wildman–Crippen MR) is 200 cm³/mol. The predicted octanol–water partition coefficient (Wildman–Crippen LogP) is 10.3. The van der Waals surface area contributed by atoms with Gasteiger partial charge in [-0.1, -0.05) is 121 Å². The monoisotopic (exact) mass is 605 g/mol. The first-order valence-electron chi connectivity index (χ1n) is 16.2. The molecule has 0 unspecified atom stereocenters. The van der Waals surface area contributed by atoms with Crippen LogP contribution in [0.25, 0.3) is 66.2 Å². The zero-order chi connectivity index (χ0) is 31.6. The molecule has 0 saturated carbocycles. The molecule has 0 atom stereocenters. The van der Waals surface area contributed by atoms with Crippen LogP contribution in [0.15, 0.2) is 170 Å². The summed E-state index contributed by atoms with van der Waals surface area (Å²) in [5.41, 5.74) is 17.5. The van der Waals surface area contributed by atoms with Gasteiger partial charge in [-0.25, -0.2) is 0 Å². The maximum absolute atomic E-state index is 5.52. The van der Waals surface area contributed by atoms with E-state index >= 15 is 0 Å². The zero-order valence-electron chi connectivity index (χ0n) is 26.1. The lowest BCUT2D eigenvalue weighted by Crippen LogP contribution is -2.14. The van der Waals surface area contributed by atoms with Crippen LogP contribution in [-0.4, -0.2) is 11.1 Å². The molecular weight excluding hydrogens is 571 g/mol. The minimum atomic E-state index is 0.844. The van der Waals surface area contributed by atoms with E-state index in [9.17, 15) is 0 Å². The molecule has 3 nitrogen and oxygen atoms in total. The maximum atomic E-state index is 5.52. The van der Waals surface area contributed by atoms with Crippen LogP contribution in [0.5, 0.6) is 0 Å². The number of nitrogens with one attached hydrogen (secondary N) is 1. The second-order valence-electron chi connectivity index (χ2n) is 12.0. The Morgan fingerprint density at radius 3 is 2.28 bits per heavy atom. The Morgan fingerprint density at radius 1 is 0.638 bits per heavy atom. The molecule has 0 saturated heterocycles. The number of dihydropyridines is 1. The summed E-state index contributed by atoms with van der Waals surface area (Å²) < 4.78 is 2.44. The van der Waals surface area contributed by atoms with E-state index in [1.165, 1.54) is 66.0 Å². The minimum Gasteiger partial charge on any atom is -0.405 e. The lowest BCUT2D eigenvalue weighted by Gasteiger charge is -2.14. The third-order valence-corrected chi connectivity index (χ3v) is 9.05. The molecule has 7 aromatic rings. The quantitative estimate of drug-likeness (QED) is 0.178. The number of benzene rings is 6. The summed E-state index contributed by atoms with van der Waals surface area (Å²) in [7, 11) is 0. The average molecular weight is 606 g/mol. The Kier molecular flexibility index (Phi) is 7.49. The first-order valence-corrected chi connectivity index (χ1v) is 16.2. The van der Waals surface area contributed by atoms with Crippen LogP contribution in [0.2, 0.25) is 0 Å². The van der Waals surface area contributed by atoms with E-state index in [0.29, 0.717) is 0 Å². The fourth-order valence-corrected chi connectivity index (χ4v) is 6.89. The van der Waals surface area contributed by atoms with Crippen molar-refractivity contribution in [3.8, 4) is 27.9 Å². The van der Waals surface area contributed by atoms with E-state index < -0.39 is 0 Å². The number of hydrogen-bond acceptors (Lipinski definition) is 2. The van der Waals surface area contributed by atoms with E-state index in [0.717, 1.165) is 24.4 Å².